The average molecular weight is 418 g/mol. The van der Waals surface area contributed by atoms with Gasteiger partial charge in [-0.25, -0.2) is 9.50 Å². The lowest BCUT2D eigenvalue weighted by molar-refractivity contribution is 0.103. The number of hydrogen-bond acceptors (Lipinski definition) is 5. The second-order valence-corrected chi connectivity index (χ2v) is 6.81. The summed E-state index contributed by atoms with van der Waals surface area (Å²) in [5.74, 6) is 0.660. The summed E-state index contributed by atoms with van der Waals surface area (Å²) in [5.41, 5.74) is 3.01. The van der Waals surface area contributed by atoms with Crippen molar-refractivity contribution in [3.05, 3.63) is 41.7 Å². The quantitative estimate of drug-likeness (QED) is 0.318. The highest BCUT2D eigenvalue weighted by Gasteiger charge is 2.10. The smallest absolute Gasteiger partial charge is 0.231 e. The highest BCUT2D eigenvalue weighted by molar-refractivity contribution is 5.55. The van der Waals surface area contributed by atoms with Crippen molar-refractivity contribution >= 4 is 11.7 Å². The molecule has 0 aromatic carbocycles. The topological polar surface area (TPSA) is 57.9 Å². The number of fused-ring (bicyclic) bond motifs is 1. The molecule has 0 radical (unpaired) electrons. The lowest BCUT2D eigenvalue weighted by atomic mass is 10.2. The first-order valence-electron chi connectivity index (χ1n) is 11.0. The van der Waals surface area contributed by atoms with Crippen molar-refractivity contribution in [2.75, 3.05) is 34.0 Å². The summed E-state index contributed by atoms with van der Waals surface area (Å²) in [5, 5.41) is 4.57. The number of aryl methyl sites for hydroxylation is 1. The Morgan fingerprint density at radius 1 is 0.867 bits per heavy atom. The minimum atomic E-state index is 0.660. The molecule has 2 aromatic rings. The maximum Gasteiger partial charge on any atom is 0.231 e. The minimum absolute atomic E-state index is 0.660. The van der Waals surface area contributed by atoms with Crippen molar-refractivity contribution in [1.82, 2.24) is 14.6 Å². The Morgan fingerprint density at radius 2 is 1.57 bits per heavy atom. The maximum absolute atomic E-state index is 5.63. The third kappa shape index (κ3) is 9.55. The molecule has 0 aliphatic carbocycles. The molecule has 0 saturated carbocycles. The summed E-state index contributed by atoms with van der Waals surface area (Å²) in [4.78, 5) is 4.69. The van der Waals surface area contributed by atoms with Crippen LogP contribution in [0.5, 0.6) is 5.88 Å². The van der Waals surface area contributed by atoms with Crippen molar-refractivity contribution < 1.29 is 14.2 Å². The predicted molar refractivity (Wildman–Crippen MR) is 124 cm³/mol. The summed E-state index contributed by atoms with van der Waals surface area (Å²) in [6.07, 6.45) is 15.2. The van der Waals surface area contributed by atoms with Gasteiger partial charge in [0.1, 0.15) is 0 Å². The SMILES string of the molecule is CCC/C=C\CC/C=C/c1nc2ccc(OCCC)nn2c1CC.COCCOC. The molecule has 2 aromatic heterocycles. The largest absolute Gasteiger partial charge is 0.477 e. The van der Waals surface area contributed by atoms with E-state index in [4.69, 9.17) is 9.72 Å². The Hall–Kier alpha value is -2.18. The molecule has 30 heavy (non-hydrogen) atoms. The average Bonchev–Trinajstić information content (AvgIpc) is 3.12. The van der Waals surface area contributed by atoms with Gasteiger partial charge in [0.15, 0.2) is 5.65 Å². The van der Waals surface area contributed by atoms with E-state index in [0.717, 1.165) is 42.7 Å². The monoisotopic (exact) mass is 417 g/mol. The molecule has 0 fully saturated rings. The van der Waals surface area contributed by atoms with Gasteiger partial charge >= 0.3 is 0 Å². The second kappa shape index (κ2) is 16.6. The predicted octanol–water partition coefficient (Wildman–Crippen LogP) is 5.51. The molecule has 0 bridgehead atoms. The minimum Gasteiger partial charge on any atom is -0.477 e. The molecule has 6 heteroatoms. The number of nitrogens with zero attached hydrogens (tertiary/aromatic N) is 3. The summed E-state index contributed by atoms with van der Waals surface area (Å²) in [6, 6.07) is 3.87. The van der Waals surface area contributed by atoms with Gasteiger partial charge < -0.3 is 14.2 Å². The van der Waals surface area contributed by atoms with Gasteiger partial charge in [0.2, 0.25) is 5.88 Å². The van der Waals surface area contributed by atoms with Crippen molar-refractivity contribution in [1.29, 1.82) is 0 Å². The van der Waals surface area contributed by atoms with E-state index in [1.165, 1.54) is 12.8 Å². The van der Waals surface area contributed by atoms with Gasteiger partial charge in [-0.1, -0.05) is 45.4 Å². The van der Waals surface area contributed by atoms with Crippen molar-refractivity contribution in [3.63, 3.8) is 0 Å². The zero-order chi connectivity index (χ0) is 22.0. The molecule has 6 nitrogen and oxygen atoms in total. The fraction of sp³-hybridized carbons (Fsp3) is 0.583. The van der Waals surface area contributed by atoms with Crippen LogP contribution in [-0.4, -0.2) is 48.6 Å². The Labute approximate surface area is 181 Å². The molecule has 0 atom stereocenters. The fourth-order valence-corrected chi connectivity index (χ4v) is 2.68. The standard InChI is InChI=1S/C20H29N3O.C4H10O2/c1-4-7-8-9-10-11-12-13-17-18(6-3)23-19(21-17)14-15-20(22-23)24-16-5-2;1-5-3-4-6-2/h8-9,12-15H,4-7,10-11,16H2,1-3H3;3-4H2,1-2H3/b9-8-,13-12+;. The van der Waals surface area contributed by atoms with E-state index in [1.54, 1.807) is 14.2 Å². The molecule has 2 rings (SSSR count). The molecule has 0 aliphatic heterocycles. The van der Waals surface area contributed by atoms with Crippen LogP contribution in [0.4, 0.5) is 0 Å². The van der Waals surface area contributed by atoms with Crippen LogP contribution in [0.25, 0.3) is 11.7 Å². The van der Waals surface area contributed by atoms with Gasteiger partial charge in [-0.3, -0.25) is 0 Å². The van der Waals surface area contributed by atoms with E-state index in [9.17, 15) is 0 Å². The molecular weight excluding hydrogens is 378 g/mol. The first kappa shape index (κ1) is 25.9. The Balaban J connectivity index is 0.000000656. The van der Waals surface area contributed by atoms with Crippen molar-refractivity contribution in [2.24, 2.45) is 0 Å². The van der Waals surface area contributed by atoms with Crippen molar-refractivity contribution in [3.8, 4) is 5.88 Å². The number of aromatic nitrogens is 3. The van der Waals surface area contributed by atoms with E-state index in [-0.39, 0.29) is 0 Å². The van der Waals surface area contributed by atoms with Crippen LogP contribution in [0.2, 0.25) is 0 Å². The molecule has 0 amide bonds. The van der Waals surface area contributed by atoms with Gasteiger partial charge in [0.05, 0.1) is 31.2 Å². The van der Waals surface area contributed by atoms with Gasteiger partial charge in [0.25, 0.3) is 0 Å². The van der Waals surface area contributed by atoms with Crippen LogP contribution in [-0.2, 0) is 15.9 Å². The van der Waals surface area contributed by atoms with Gasteiger partial charge in [-0.05, 0) is 44.2 Å². The summed E-state index contributed by atoms with van der Waals surface area (Å²) in [7, 11) is 3.30. The molecule has 0 aliphatic rings. The number of methoxy groups -OCH3 is 2. The highest BCUT2D eigenvalue weighted by atomic mass is 16.5. The molecule has 2 heterocycles. The third-order valence-corrected chi connectivity index (χ3v) is 4.26. The van der Waals surface area contributed by atoms with Crippen molar-refractivity contribution in [2.45, 2.75) is 59.3 Å². The molecule has 0 unspecified atom stereocenters. The number of rotatable bonds is 13. The van der Waals surface area contributed by atoms with Crippen LogP contribution < -0.4 is 4.74 Å². The van der Waals surface area contributed by atoms with E-state index in [2.05, 4.69) is 59.6 Å². The molecular formula is C24H39N3O3. The first-order chi connectivity index (χ1) is 14.7. The second-order valence-electron chi connectivity index (χ2n) is 6.81. The van der Waals surface area contributed by atoms with Crippen LogP contribution in [0.3, 0.4) is 0 Å². The van der Waals surface area contributed by atoms with E-state index >= 15 is 0 Å². The lowest BCUT2D eigenvalue weighted by Crippen LogP contribution is -2.02. The Morgan fingerprint density at radius 3 is 2.20 bits per heavy atom. The van der Waals surface area contributed by atoms with Gasteiger partial charge in [-0.15, -0.1) is 5.10 Å². The number of imidazole rings is 1. The molecule has 168 valence electrons. The fourth-order valence-electron chi connectivity index (χ4n) is 2.68. The molecule has 0 saturated heterocycles. The van der Waals surface area contributed by atoms with E-state index in [0.29, 0.717) is 25.7 Å². The Kier molecular flexibility index (Phi) is 14.3. The van der Waals surface area contributed by atoms with Crippen LogP contribution >= 0.6 is 0 Å². The number of hydrogen-bond donors (Lipinski definition) is 0. The zero-order valence-corrected chi connectivity index (χ0v) is 19.4. The Bertz CT molecular complexity index is 749. The van der Waals surface area contributed by atoms with Gasteiger partial charge in [-0.2, -0.15) is 0 Å². The number of ether oxygens (including phenoxy) is 3. The normalized spacial score (nSPS) is 11.4. The van der Waals surface area contributed by atoms with Crippen LogP contribution in [0, 0.1) is 0 Å². The zero-order valence-electron chi connectivity index (χ0n) is 19.4. The molecule has 0 spiro atoms. The van der Waals surface area contributed by atoms with E-state index < -0.39 is 0 Å². The van der Waals surface area contributed by atoms with Crippen LogP contribution in [0.15, 0.2) is 30.4 Å². The highest BCUT2D eigenvalue weighted by Crippen LogP contribution is 2.17. The summed E-state index contributed by atoms with van der Waals surface area (Å²) < 4.78 is 16.9. The van der Waals surface area contributed by atoms with Gasteiger partial charge in [0, 0.05) is 20.3 Å². The van der Waals surface area contributed by atoms with E-state index in [1.807, 2.05) is 16.6 Å². The lowest BCUT2D eigenvalue weighted by Gasteiger charge is -2.04. The number of allylic oxidation sites excluding steroid dienone is 3. The number of unbranched alkanes of at least 4 members (excludes halogenated alkanes) is 2. The first-order valence-corrected chi connectivity index (χ1v) is 11.0. The van der Waals surface area contributed by atoms with Crippen LogP contribution in [0.1, 0.15) is 64.3 Å². The summed E-state index contributed by atoms with van der Waals surface area (Å²) in [6.45, 7) is 8.50. The molecule has 0 N–H and O–H groups in total. The summed E-state index contributed by atoms with van der Waals surface area (Å²) >= 11 is 0. The third-order valence-electron chi connectivity index (χ3n) is 4.26. The maximum atomic E-state index is 5.63.